The number of carbonyl (C=O) groups excluding carboxylic acids is 1. The van der Waals surface area contributed by atoms with Gasteiger partial charge in [0.15, 0.2) is 0 Å². The van der Waals surface area contributed by atoms with Crippen molar-refractivity contribution in [3.8, 4) is 0 Å². The number of esters is 1. The average Bonchev–Trinajstić information content (AvgIpc) is 2.36. The number of hydrogen-bond donors (Lipinski definition) is 3. The van der Waals surface area contributed by atoms with Crippen LogP contribution < -0.4 is 5.73 Å². The fraction of sp³-hybridized carbons (Fsp3) is 0.364. The van der Waals surface area contributed by atoms with Crippen molar-refractivity contribution in [3.05, 3.63) is 35.9 Å². The van der Waals surface area contributed by atoms with Gasteiger partial charge in [0.05, 0.1) is 24.3 Å². The molecule has 1 rings (SSSR count). The molecule has 0 spiro atoms. The van der Waals surface area contributed by atoms with E-state index in [2.05, 4.69) is 0 Å². The molecule has 88 valence electrons. The topological polar surface area (TPSA) is 92.8 Å². The fourth-order valence-electron chi connectivity index (χ4n) is 1.01. The van der Waals surface area contributed by atoms with Crippen molar-refractivity contribution in [3.63, 3.8) is 0 Å². The molecule has 16 heavy (non-hydrogen) atoms. The maximum absolute atomic E-state index is 11.5. The Labute approximate surface area is 93.5 Å². The molecule has 0 radical (unpaired) electrons. The van der Waals surface area contributed by atoms with Gasteiger partial charge in [-0.25, -0.2) is 4.79 Å². The molecule has 0 bridgehead atoms. The summed E-state index contributed by atoms with van der Waals surface area (Å²) in [5, 5.41) is 17.8. The van der Waals surface area contributed by atoms with Gasteiger partial charge in [0.2, 0.25) is 0 Å². The summed E-state index contributed by atoms with van der Waals surface area (Å²) < 4.78 is 4.89. The summed E-state index contributed by atoms with van der Waals surface area (Å²) in [5.74, 6) is -0.530. The average molecular weight is 225 g/mol. The molecule has 0 aromatic heterocycles. The first kappa shape index (κ1) is 12.6. The van der Waals surface area contributed by atoms with E-state index in [0.717, 1.165) is 0 Å². The number of ether oxygens (including phenoxy) is 1. The van der Waals surface area contributed by atoms with Gasteiger partial charge in [0, 0.05) is 0 Å². The Kier molecular flexibility index (Phi) is 4.42. The normalized spacial score (nSPS) is 11.2. The van der Waals surface area contributed by atoms with Gasteiger partial charge < -0.3 is 20.7 Å². The first-order valence-electron chi connectivity index (χ1n) is 4.84. The summed E-state index contributed by atoms with van der Waals surface area (Å²) >= 11 is 0. The quantitative estimate of drug-likeness (QED) is 0.589. The molecule has 1 aromatic rings. The Balaban J connectivity index is 2.54. The zero-order valence-electron chi connectivity index (χ0n) is 8.80. The molecule has 4 N–H and O–H groups in total. The van der Waals surface area contributed by atoms with Crippen molar-refractivity contribution >= 4 is 5.97 Å². The minimum atomic E-state index is -1.29. The molecule has 0 fully saturated rings. The summed E-state index contributed by atoms with van der Waals surface area (Å²) in [6.07, 6.45) is 0. The van der Waals surface area contributed by atoms with E-state index in [-0.39, 0.29) is 6.61 Å². The number of benzene rings is 1. The molecular weight excluding hydrogens is 210 g/mol. The third-order valence-electron chi connectivity index (χ3n) is 2.13. The lowest BCUT2D eigenvalue weighted by Crippen LogP contribution is -2.51. The summed E-state index contributed by atoms with van der Waals surface area (Å²) in [6.45, 7) is -1.13. The molecule has 0 aliphatic carbocycles. The number of nitrogens with two attached hydrogens (primary N) is 1. The third kappa shape index (κ3) is 3.30. The molecule has 1 aromatic carbocycles. The molecule has 5 nitrogen and oxygen atoms in total. The van der Waals surface area contributed by atoms with Crippen LogP contribution in [0.25, 0.3) is 0 Å². The first-order chi connectivity index (χ1) is 7.61. The van der Waals surface area contributed by atoms with Gasteiger partial charge in [0.1, 0.15) is 6.61 Å². The number of rotatable bonds is 5. The Morgan fingerprint density at radius 1 is 1.25 bits per heavy atom. The summed E-state index contributed by atoms with van der Waals surface area (Å²) in [4.78, 5) is 11.5. The highest BCUT2D eigenvalue weighted by Gasteiger charge is 2.25. The Morgan fingerprint density at radius 2 is 1.81 bits per heavy atom. The van der Waals surface area contributed by atoms with Crippen LogP contribution >= 0.6 is 0 Å². The number of hydrogen-bond acceptors (Lipinski definition) is 5. The van der Waals surface area contributed by atoms with Crippen molar-refractivity contribution in [1.29, 1.82) is 0 Å². The minimum absolute atomic E-state index is 0.228. The van der Waals surface area contributed by atoms with E-state index in [9.17, 15) is 4.79 Å². The highest BCUT2D eigenvalue weighted by Crippen LogP contribution is 2.04. The van der Waals surface area contributed by atoms with Gasteiger partial charge in [-0.1, -0.05) is 18.2 Å². The van der Waals surface area contributed by atoms with Crippen LogP contribution in [0.15, 0.2) is 30.3 Å². The molecular formula is C11H15NO4. The van der Waals surface area contributed by atoms with Gasteiger partial charge in [-0.15, -0.1) is 0 Å². The van der Waals surface area contributed by atoms with E-state index in [4.69, 9.17) is 20.7 Å². The van der Waals surface area contributed by atoms with E-state index in [1.807, 2.05) is 0 Å². The molecule has 0 heterocycles. The van der Waals surface area contributed by atoms with Gasteiger partial charge >= 0.3 is 5.97 Å². The Morgan fingerprint density at radius 3 is 2.31 bits per heavy atom. The lowest BCUT2D eigenvalue weighted by molar-refractivity contribution is 0.0210. The minimum Gasteiger partial charge on any atom is -0.460 e. The lowest BCUT2D eigenvalue weighted by Gasteiger charge is -2.23. The van der Waals surface area contributed by atoms with E-state index in [1.54, 1.807) is 30.3 Å². The van der Waals surface area contributed by atoms with Crippen molar-refractivity contribution in [2.75, 3.05) is 19.8 Å². The molecule has 0 aliphatic rings. The Hall–Kier alpha value is -1.43. The standard InChI is InChI=1S/C11H15NO4/c12-11(6-13,7-14)8-16-10(15)9-4-2-1-3-5-9/h1-5,13-14H,6-8,12H2. The highest BCUT2D eigenvalue weighted by atomic mass is 16.5. The second kappa shape index (κ2) is 5.60. The zero-order valence-corrected chi connectivity index (χ0v) is 8.80. The van der Waals surface area contributed by atoms with Gasteiger partial charge in [-0.2, -0.15) is 0 Å². The largest absolute Gasteiger partial charge is 0.460 e. The predicted octanol–water partition coefficient (Wildman–Crippen LogP) is -0.475. The monoisotopic (exact) mass is 225 g/mol. The molecule has 0 saturated carbocycles. The summed E-state index contributed by atoms with van der Waals surface area (Å²) in [7, 11) is 0. The van der Waals surface area contributed by atoms with E-state index >= 15 is 0 Å². The van der Waals surface area contributed by atoms with E-state index in [1.165, 1.54) is 0 Å². The van der Waals surface area contributed by atoms with Crippen molar-refractivity contribution < 1.29 is 19.7 Å². The maximum Gasteiger partial charge on any atom is 0.338 e. The van der Waals surface area contributed by atoms with Gasteiger partial charge in [0.25, 0.3) is 0 Å². The van der Waals surface area contributed by atoms with Crippen molar-refractivity contribution in [2.45, 2.75) is 5.54 Å². The lowest BCUT2D eigenvalue weighted by atomic mass is 10.1. The van der Waals surface area contributed by atoms with E-state index < -0.39 is 24.7 Å². The van der Waals surface area contributed by atoms with Crippen LogP contribution in [-0.2, 0) is 4.74 Å². The van der Waals surface area contributed by atoms with Gasteiger partial charge in [-0.05, 0) is 12.1 Å². The third-order valence-corrected chi connectivity index (χ3v) is 2.13. The summed E-state index contributed by atoms with van der Waals surface area (Å²) in [5.41, 5.74) is 4.66. The molecule has 0 saturated heterocycles. The van der Waals surface area contributed by atoms with Gasteiger partial charge in [-0.3, -0.25) is 0 Å². The molecule has 5 heteroatoms. The van der Waals surface area contributed by atoms with Crippen molar-refractivity contribution in [2.24, 2.45) is 5.73 Å². The predicted molar refractivity (Wildman–Crippen MR) is 57.8 cm³/mol. The second-order valence-electron chi connectivity index (χ2n) is 3.62. The molecule has 0 aliphatic heterocycles. The Bertz CT molecular complexity index is 335. The number of carbonyl (C=O) groups is 1. The number of aliphatic hydroxyl groups excluding tert-OH is 2. The highest BCUT2D eigenvalue weighted by molar-refractivity contribution is 5.89. The van der Waals surface area contributed by atoms with Crippen LogP contribution in [0.3, 0.4) is 0 Å². The molecule has 0 amide bonds. The molecule has 0 unspecified atom stereocenters. The van der Waals surface area contributed by atoms with Crippen LogP contribution in [0.4, 0.5) is 0 Å². The van der Waals surface area contributed by atoms with Crippen LogP contribution in [0.1, 0.15) is 10.4 Å². The molecule has 0 atom stereocenters. The summed E-state index contributed by atoms with van der Waals surface area (Å²) in [6, 6.07) is 8.43. The van der Waals surface area contributed by atoms with E-state index in [0.29, 0.717) is 5.56 Å². The van der Waals surface area contributed by atoms with Crippen LogP contribution in [0.2, 0.25) is 0 Å². The SMILES string of the molecule is NC(CO)(CO)COC(=O)c1ccccc1. The van der Waals surface area contributed by atoms with Crippen LogP contribution in [0.5, 0.6) is 0 Å². The van der Waals surface area contributed by atoms with Crippen LogP contribution in [-0.4, -0.2) is 41.5 Å². The van der Waals surface area contributed by atoms with Crippen molar-refractivity contribution in [1.82, 2.24) is 0 Å². The fourth-order valence-corrected chi connectivity index (χ4v) is 1.01. The maximum atomic E-state index is 11.5. The zero-order chi connectivity index (χ0) is 12.0. The number of aliphatic hydroxyl groups is 2. The first-order valence-corrected chi connectivity index (χ1v) is 4.84. The van der Waals surface area contributed by atoms with Crippen LogP contribution in [0, 0.1) is 0 Å². The second-order valence-corrected chi connectivity index (χ2v) is 3.62. The smallest absolute Gasteiger partial charge is 0.338 e.